The maximum atomic E-state index is 10.0. The number of aromatic hydroxyl groups is 1. The number of phenols is 1. The number of aliphatic imine (C=N–C) groups is 1. The van der Waals surface area contributed by atoms with Crippen molar-refractivity contribution in [3.05, 3.63) is 24.3 Å². The molecule has 0 bridgehead atoms. The number of likely N-dealkylation sites (tertiary alicyclic amines) is 1. The van der Waals surface area contributed by atoms with Crippen LogP contribution in [0.15, 0.2) is 29.3 Å². The zero-order chi connectivity index (χ0) is 18.4. The summed E-state index contributed by atoms with van der Waals surface area (Å²) in [4.78, 5) is 11.6. The van der Waals surface area contributed by atoms with Crippen molar-refractivity contribution in [1.29, 1.82) is 0 Å². The lowest BCUT2D eigenvalue weighted by Crippen LogP contribution is -2.53. The van der Waals surface area contributed by atoms with E-state index in [1.165, 1.54) is 25.9 Å². The van der Waals surface area contributed by atoms with Gasteiger partial charge in [-0.15, -0.1) is 24.0 Å². The molecule has 2 fully saturated rings. The standard InChI is InChI=1S/C20H33N5O.HI/c1-17-6-5-10-23(16-17)11-9-22-20(21-2)25-14-12-24(13-15-25)18-7-3-4-8-19(18)26;/h3-4,7-8,17,26H,5-6,9-16H2,1-2H3,(H,21,22);1H. The van der Waals surface area contributed by atoms with E-state index in [-0.39, 0.29) is 24.0 Å². The Kier molecular flexibility index (Phi) is 8.95. The molecule has 0 radical (unpaired) electrons. The molecule has 152 valence electrons. The largest absolute Gasteiger partial charge is 0.506 e. The summed E-state index contributed by atoms with van der Waals surface area (Å²) >= 11 is 0. The van der Waals surface area contributed by atoms with Crippen molar-refractivity contribution >= 4 is 35.6 Å². The number of hydrogen-bond donors (Lipinski definition) is 2. The number of hydrogen-bond acceptors (Lipinski definition) is 4. The molecular formula is C20H34IN5O. The van der Waals surface area contributed by atoms with Gasteiger partial charge in [0.15, 0.2) is 5.96 Å². The molecule has 6 nitrogen and oxygen atoms in total. The van der Waals surface area contributed by atoms with Crippen LogP contribution in [0.1, 0.15) is 19.8 Å². The lowest BCUT2D eigenvalue weighted by molar-refractivity contribution is 0.186. The van der Waals surface area contributed by atoms with E-state index in [0.717, 1.165) is 56.8 Å². The van der Waals surface area contributed by atoms with E-state index in [2.05, 4.69) is 31.9 Å². The smallest absolute Gasteiger partial charge is 0.193 e. The second-order valence-corrected chi connectivity index (χ2v) is 7.48. The van der Waals surface area contributed by atoms with Crippen LogP contribution in [0.4, 0.5) is 5.69 Å². The fourth-order valence-electron chi connectivity index (χ4n) is 4.04. The molecule has 0 spiro atoms. The Morgan fingerprint density at radius 3 is 2.59 bits per heavy atom. The van der Waals surface area contributed by atoms with Crippen molar-refractivity contribution in [3.8, 4) is 5.75 Å². The molecule has 0 aliphatic carbocycles. The third-order valence-corrected chi connectivity index (χ3v) is 5.47. The molecule has 2 N–H and O–H groups in total. The number of nitrogens with zero attached hydrogens (tertiary/aromatic N) is 4. The van der Waals surface area contributed by atoms with Crippen molar-refractivity contribution in [2.75, 3.05) is 64.3 Å². The number of rotatable bonds is 4. The molecule has 1 aromatic rings. The Hall–Kier alpha value is -1.22. The van der Waals surface area contributed by atoms with Crippen LogP contribution in [0.5, 0.6) is 5.75 Å². The van der Waals surface area contributed by atoms with E-state index in [9.17, 15) is 5.11 Å². The molecule has 1 atom stereocenters. The highest BCUT2D eigenvalue weighted by Crippen LogP contribution is 2.27. The fourth-order valence-corrected chi connectivity index (χ4v) is 4.04. The topological polar surface area (TPSA) is 54.3 Å². The minimum absolute atomic E-state index is 0. The molecule has 1 aromatic carbocycles. The Balaban J connectivity index is 0.00000261. The lowest BCUT2D eigenvalue weighted by Gasteiger charge is -2.38. The molecule has 1 unspecified atom stereocenters. The van der Waals surface area contributed by atoms with Gasteiger partial charge in [-0.1, -0.05) is 19.1 Å². The number of para-hydroxylation sites is 2. The van der Waals surface area contributed by atoms with Gasteiger partial charge >= 0.3 is 0 Å². The maximum absolute atomic E-state index is 10.0. The first-order chi connectivity index (χ1) is 12.7. The van der Waals surface area contributed by atoms with Crippen LogP contribution in [0, 0.1) is 5.92 Å². The Bertz CT molecular complexity index is 604. The van der Waals surface area contributed by atoms with Gasteiger partial charge in [-0.25, -0.2) is 0 Å². The molecule has 0 saturated carbocycles. The number of nitrogens with one attached hydrogen (secondary N) is 1. The number of halogens is 1. The Morgan fingerprint density at radius 2 is 1.93 bits per heavy atom. The van der Waals surface area contributed by atoms with Gasteiger partial charge in [-0.2, -0.15) is 0 Å². The van der Waals surface area contributed by atoms with E-state index in [4.69, 9.17) is 0 Å². The van der Waals surface area contributed by atoms with Gasteiger partial charge in [0.25, 0.3) is 0 Å². The highest BCUT2D eigenvalue weighted by atomic mass is 127. The molecule has 2 saturated heterocycles. The van der Waals surface area contributed by atoms with Crippen LogP contribution in [-0.2, 0) is 0 Å². The molecular weight excluding hydrogens is 453 g/mol. The van der Waals surface area contributed by atoms with Gasteiger partial charge in [0.05, 0.1) is 5.69 Å². The molecule has 2 heterocycles. The van der Waals surface area contributed by atoms with Gasteiger partial charge in [0.1, 0.15) is 5.75 Å². The van der Waals surface area contributed by atoms with Gasteiger partial charge in [0, 0.05) is 52.9 Å². The minimum Gasteiger partial charge on any atom is -0.506 e. The summed E-state index contributed by atoms with van der Waals surface area (Å²) in [6.07, 6.45) is 2.69. The van der Waals surface area contributed by atoms with Gasteiger partial charge in [-0.05, 0) is 37.4 Å². The molecule has 2 aliphatic heterocycles. The summed E-state index contributed by atoms with van der Waals surface area (Å²) in [6, 6.07) is 7.58. The maximum Gasteiger partial charge on any atom is 0.193 e. The number of benzene rings is 1. The number of phenolic OH excluding ortho intramolecular Hbond substituents is 1. The lowest BCUT2D eigenvalue weighted by atomic mass is 10.0. The normalized spacial score (nSPS) is 21.7. The van der Waals surface area contributed by atoms with Crippen LogP contribution in [0.25, 0.3) is 0 Å². The van der Waals surface area contributed by atoms with E-state index >= 15 is 0 Å². The van der Waals surface area contributed by atoms with E-state index < -0.39 is 0 Å². The molecule has 3 rings (SSSR count). The average molecular weight is 487 g/mol. The number of piperidine rings is 1. The van der Waals surface area contributed by atoms with E-state index in [0.29, 0.717) is 5.75 Å². The molecule has 0 aromatic heterocycles. The quantitative estimate of drug-likeness (QED) is 0.388. The van der Waals surface area contributed by atoms with Crippen LogP contribution in [0.2, 0.25) is 0 Å². The highest BCUT2D eigenvalue weighted by molar-refractivity contribution is 14.0. The zero-order valence-corrected chi connectivity index (χ0v) is 18.9. The SMILES string of the molecule is CN=C(NCCN1CCCC(C)C1)N1CCN(c2ccccc2O)CC1.I. The molecule has 7 heteroatoms. The molecule has 2 aliphatic rings. The first kappa shape index (κ1) is 22.1. The average Bonchev–Trinajstić information content (AvgIpc) is 2.66. The summed E-state index contributed by atoms with van der Waals surface area (Å²) in [5.74, 6) is 2.18. The predicted octanol–water partition coefficient (Wildman–Crippen LogP) is 2.44. The number of anilines is 1. The molecule has 27 heavy (non-hydrogen) atoms. The zero-order valence-electron chi connectivity index (χ0n) is 16.6. The van der Waals surface area contributed by atoms with Gasteiger partial charge < -0.3 is 25.1 Å². The van der Waals surface area contributed by atoms with Crippen molar-refractivity contribution in [2.24, 2.45) is 10.9 Å². The summed E-state index contributed by atoms with van der Waals surface area (Å²) in [5, 5.41) is 13.6. The summed E-state index contributed by atoms with van der Waals surface area (Å²) in [7, 11) is 1.86. The second kappa shape index (κ2) is 10.9. The number of guanidine groups is 1. The minimum atomic E-state index is 0. The third kappa shape index (κ3) is 6.14. The predicted molar refractivity (Wildman–Crippen MR) is 124 cm³/mol. The number of piperazine rings is 1. The van der Waals surface area contributed by atoms with E-state index in [1.807, 2.05) is 25.2 Å². The van der Waals surface area contributed by atoms with Crippen LogP contribution >= 0.6 is 24.0 Å². The van der Waals surface area contributed by atoms with Crippen LogP contribution in [-0.4, -0.2) is 80.3 Å². The van der Waals surface area contributed by atoms with Crippen molar-refractivity contribution in [3.63, 3.8) is 0 Å². The fraction of sp³-hybridized carbons (Fsp3) is 0.650. The first-order valence-electron chi connectivity index (χ1n) is 9.88. The molecule has 0 amide bonds. The summed E-state index contributed by atoms with van der Waals surface area (Å²) in [5.41, 5.74) is 0.925. The van der Waals surface area contributed by atoms with Crippen molar-refractivity contribution in [1.82, 2.24) is 15.1 Å². The van der Waals surface area contributed by atoms with Crippen LogP contribution in [0.3, 0.4) is 0 Å². The van der Waals surface area contributed by atoms with Crippen molar-refractivity contribution < 1.29 is 5.11 Å². The van der Waals surface area contributed by atoms with Crippen LogP contribution < -0.4 is 10.2 Å². The highest BCUT2D eigenvalue weighted by Gasteiger charge is 2.21. The second-order valence-electron chi connectivity index (χ2n) is 7.48. The van der Waals surface area contributed by atoms with E-state index in [1.54, 1.807) is 6.07 Å². The van der Waals surface area contributed by atoms with Gasteiger partial charge in [-0.3, -0.25) is 4.99 Å². The Labute approximate surface area is 180 Å². The monoisotopic (exact) mass is 487 g/mol. The Morgan fingerprint density at radius 1 is 1.19 bits per heavy atom. The summed E-state index contributed by atoms with van der Waals surface area (Å²) < 4.78 is 0. The first-order valence-corrected chi connectivity index (χ1v) is 9.88. The summed E-state index contributed by atoms with van der Waals surface area (Å²) in [6.45, 7) is 10.4. The van der Waals surface area contributed by atoms with Crippen molar-refractivity contribution in [2.45, 2.75) is 19.8 Å². The third-order valence-electron chi connectivity index (χ3n) is 5.47. The van der Waals surface area contributed by atoms with Gasteiger partial charge in [0.2, 0.25) is 0 Å².